The summed E-state index contributed by atoms with van der Waals surface area (Å²) in [7, 11) is 0. The van der Waals surface area contributed by atoms with Gasteiger partial charge in [-0.05, 0) is 39.7 Å². The van der Waals surface area contributed by atoms with Gasteiger partial charge in [-0.3, -0.25) is 0 Å². The number of nitrogens with zero attached hydrogens (tertiary/aromatic N) is 1. The zero-order valence-corrected chi connectivity index (χ0v) is 15.8. The first kappa shape index (κ1) is 19.1. The van der Waals surface area contributed by atoms with Crippen LogP contribution < -0.4 is 4.74 Å². The molecule has 0 saturated carbocycles. The Hall–Kier alpha value is -1.68. The molecule has 2 aromatic carbocycles. The fourth-order valence-corrected chi connectivity index (χ4v) is 3.48. The van der Waals surface area contributed by atoms with Gasteiger partial charge in [0.25, 0.3) is 5.92 Å². The molecule has 138 valence electrons. The van der Waals surface area contributed by atoms with Gasteiger partial charge < -0.3 is 9.72 Å². The zero-order valence-electron chi connectivity index (χ0n) is 12.7. The average Bonchev–Trinajstić information content (AvgIpc) is 3.05. The van der Waals surface area contributed by atoms with Crippen molar-refractivity contribution in [3.8, 4) is 16.9 Å². The predicted octanol–water partition coefficient (Wildman–Crippen LogP) is 6.38. The lowest BCUT2D eigenvalue weighted by molar-refractivity contribution is -0.274. The number of ether oxygens (including phenoxy) is 1. The highest BCUT2D eigenvalue weighted by Gasteiger charge is 2.34. The SMILES string of the molecule is FC(F)(F)Oc1ccc(-c2cc(C(F)(F)CBr)c(Br)c3[nH]cnc23)cc1. The van der Waals surface area contributed by atoms with Crippen molar-refractivity contribution in [2.24, 2.45) is 0 Å². The Bertz CT molecular complexity index is 938. The third kappa shape index (κ3) is 3.71. The van der Waals surface area contributed by atoms with Gasteiger partial charge in [0, 0.05) is 11.1 Å². The Labute approximate surface area is 160 Å². The quantitative estimate of drug-likeness (QED) is 0.334. The van der Waals surface area contributed by atoms with Gasteiger partial charge in [0.1, 0.15) is 5.75 Å². The highest BCUT2D eigenvalue weighted by Crippen LogP contribution is 2.42. The van der Waals surface area contributed by atoms with E-state index in [1.165, 1.54) is 24.5 Å². The van der Waals surface area contributed by atoms with Gasteiger partial charge >= 0.3 is 6.36 Å². The minimum atomic E-state index is -4.81. The highest BCUT2D eigenvalue weighted by molar-refractivity contribution is 9.10. The Balaban J connectivity index is 2.13. The number of H-pyrrole nitrogens is 1. The fraction of sp³-hybridized carbons (Fsp3) is 0.188. The van der Waals surface area contributed by atoms with Gasteiger partial charge in [0.15, 0.2) is 0 Å². The van der Waals surface area contributed by atoms with Crippen molar-refractivity contribution in [3.63, 3.8) is 0 Å². The Morgan fingerprint density at radius 3 is 2.31 bits per heavy atom. The molecular weight excluding hydrogens is 491 g/mol. The van der Waals surface area contributed by atoms with E-state index in [9.17, 15) is 22.0 Å². The van der Waals surface area contributed by atoms with E-state index in [2.05, 4.69) is 46.6 Å². The van der Waals surface area contributed by atoms with E-state index in [4.69, 9.17) is 0 Å². The van der Waals surface area contributed by atoms with E-state index in [0.717, 1.165) is 12.1 Å². The largest absolute Gasteiger partial charge is 0.573 e. The second-order valence-electron chi connectivity index (χ2n) is 5.32. The van der Waals surface area contributed by atoms with Crippen LogP contribution in [0.3, 0.4) is 0 Å². The molecule has 1 aromatic heterocycles. The number of imidazole rings is 1. The van der Waals surface area contributed by atoms with Crippen molar-refractivity contribution in [1.29, 1.82) is 0 Å². The smallest absolute Gasteiger partial charge is 0.406 e. The van der Waals surface area contributed by atoms with E-state index in [0.29, 0.717) is 22.2 Å². The standard InChI is InChI=1S/C16H9Br2F5N2O/c17-6-15(19,20)11-5-10(13-14(12(11)18)25-7-24-13)8-1-3-9(4-2-8)26-16(21,22)23/h1-5,7H,6H2,(H,24,25). The first-order chi connectivity index (χ1) is 12.1. The molecule has 1 heterocycles. The molecule has 0 unspecified atom stereocenters. The average molecular weight is 500 g/mol. The summed E-state index contributed by atoms with van der Waals surface area (Å²) in [6.07, 6.45) is -3.45. The van der Waals surface area contributed by atoms with Crippen molar-refractivity contribution < 1.29 is 26.7 Å². The molecular formula is C16H9Br2F5N2O. The van der Waals surface area contributed by atoms with Gasteiger partial charge in [0.05, 0.1) is 27.2 Å². The Morgan fingerprint density at radius 1 is 1.08 bits per heavy atom. The minimum absolute atomic E-state index is 0.176. The number of rotatable bonds is 4. The van der Waals surface area contributed by atoms with Crippen LogP contribution in [0.2, 0.25) is 0 Å². The normalized spacial score (nSPS) is 12.6. The Morgan fingerprint density at radius 2 is 1.73 bits per heavy atom. The molecule has 0 spiro atoms. The van der Waals surface area contributed by atoms with Crippen LogP contribution >= 0.6 is 31.9 Å². The summed E-state index contributed by atoms with van der Waals surface area (Å²) in [6.45, 7) is 0. The van der Waals surface area contributed by atoms with Crippen LogP contribution in [0.1, 0.15) is 5.56 Å². The first-order valence-corrected chi connectivity index (χ1v) is 9.00. The lowest BCUT2D eigenvalue weighted by Gasteiger charge is -2.18. The maximum absolute atomic E-state index is 14.3. The minimum Gasteiger partial charge on any atom is -0.406 e. The van der Waals surface area contributed by atoms with Crippen LogP contribution in [0.4, 0.5) is 22.0 Å². The molecule has 0 fully saturated rings. The second kappa shape index (κ2) is 6.80. The van der Waals surface area contributed by atoms with Gasteiger partial charge in [-0.25, -0.2) is 13.8 Å². The van der Waals surface area contributed by atoms with E-state index < -0.39 is 23.4 Å². The summed E-state index contributed by atoms with van der Waals surface area (Å²) < 4.78 is 69.3. The summed E-state index contributed by atoms with van der Waals surface area (Å²) >= 11 is 5.97. The van der Waals surface area contributed by atoms with Gasteiger partial charge in [0.2, 0.25) is 0 Å². The molecule has 0 saturated heterocycles. The lowest BCUT2D eigenvalue weighted by Crippen LogP contribution is -2.17. The van der Waals surface area contributed by atoms with Crippen LogP contribution in [-0.2, 0) is 5.92 Å². The first-order valence-electron chi connectivity index (χ1n) is 7.08. The number of aromatic amines is 1. The lowest BCUT2D eigenvalue weighted by atomic mass is 9.98. The third-order valence-electron chi connectivity index (χ3n) is 3.60. The van der Waals surface area contributed by atoms with Crippen molar-refractivity contribution in [2.45, 2.75) is 12.3 Å². The molecule has 26 heavy (non-hydrogen) atoms. The van der Waals surface area contributed by atoms with Crippen LogP contribution in [0.25, 0.3) is 22.2 Å². The summed E-state index contributed by atoms with van der Waals surface area (Å²) in [6, 6.07) is 6.22. The fourth-order valence-electron chi connectivity index (χ4n) is 2.47. The number of hydrogen-bond donors (Lipinski definition) is 1. The van der Waals surface area contributed by atoms with E-state index in [1.807, 2.05) is 0 Å². The molecule has 3 aromatic rings. The molecule has 3 rings (SSSR count). The molecule has 0 bridgehead atoms. The predicted molar refractivity (Wildman–Crippen MR) is 93.6 cm³/mol. The number of aromatic nitrogens is 2. The topological polar surface area (TPSA) is 37.9 Å². The number of fused-ring (bicyclic) bond motifs is 1. The number of nitrogens with one attached hydrogen (secondary N) is 1. The summed E-state index contributed by atoms with van der Waals surface area (Å²) in [5, 5.41) is -0.587. The molecule has 0 aliphatic carbocycles. The summed E-state index contributed by atoms with van der Waals surface area (Å²) in [5.41, 5.74) is 1.30. The second-order valence-corrected chi connectivity index (χ2v) is 6.68. The maximum Gasteiger partial charge on any atom is 0.573 e. The number of hydrogen-bond acceptors (Lipinski definition) is 2. The van der Waals surface area contributed by atoms with E-state index >= 15 is 0 Å². The monoisotopic (exact) mass is 498 g/mol. The Kier molecular flexibility index (Phi) is 5.00. The van der Waals surface area contributed by atoms with Crippen molar-refractivity contribution in [2.75, 3.05) is 5.33 Å². The van der Waals surface area contributed by atoms with Gasteiger partial charge in [-0.2, -0.15) is 0 Å². The highest BCUT2D eigenvalue weighted by atomic mass is 79.9. The number of alkyl halides is 6. The van der Waals surface area contributed by atoms with Crippen LogP contribution in [0.15, 0.2) is 41.1 Å². The summed E-state index contributed by atoms with van der Waals surface area (Å²) in [5.74, 6) is -3.56. The van der Waals surface area contributed by atoms with E-state index in [-0.39, 0.29) is 10.0 Å². The van der Waals surface area contributed by atoms with Crippen LogP contribution in [-0.4, -0.2) is 21.7 Å². The van der Waals surface area contributed by atoms with E-state index in [1.54, 1.807) is 0 Å². The van der Waals surface area contributed by atoms with Gasteiger partial charge in [-0.1, -0.05) is 28.1 Å². The number of halogens is 7. The molecule has 0 aliphatic heterocycles. The van der Waals surface area contributed by atoms with Crippen LogP contribution in [0.5, 0.6) is 5.75 Å². The number of benzene rings is 2. The van der Waals surface area contributed by atoms with Crippen LogP contribution in [0, 0.1) is 0 Å². The summed E-state index contributed by atoms with van der Waals surface area (Å²) in [4.78, 5) is 6.93. The third-order valence-corrected chi connectivity index (χ3v) is 5.13. The molecule has 0 atom stereocenters. The molecule has 0 aliphatic rings. The molecule has 10 heteroatoms. The maximum atomic E-state index is 14.3. The van der Waals surface area contributed by atoms with Crippen molar-refractivity contribution in [1.82, 2.24) is 9.97 Å². The molecule has 3 nitrogen and oxygen atoms in total. The van der Waals surface area contributed by atoms with Crippen molar-refractivity contribution >= 4 is 42.9 Å². The molecule has 0 amide bonds. The van der Waals surface area contributed by atoms with Crippen molar-refractivity contribution in [3.05, 3.63) is 46.7 Å². The molecule has 0 radical (unpaired) electrons. The van der Waals surface area contributed by atoms with Gasteiger partial charge in [-0.15, -0.1) is 13.2 Å². The zero-order chi connectivity index (χ0) is 19.1. The molecule has 1 N–H and O–H groups in total.